The summed E-state index contributed by atoms with van der Waals surface area (Å²) in [4.78, 5) is 2.33. The topological polar surface area (TPSA) is 53.1 Å². The summed E-state index contributed by atoms with van der Waals surface area (Å²) in [5.74, 6) is 0.960. The van der Waals surface area contributed by atoms with Gasteiger partial charge in [0.1, 0.15) is 5.84 Å². The molecule has 1 saturated carbocycles. The number of aryl methyl sites for hydroxylation is 1. The Hall–Kier alpha value is -1.51. The molecule has 104 valence electrons. The standard InChI is InChI=1S/C16H25N3/c1-11-5-4-6-13(9-11)19(3)15-8-7-12(2)10-14(15)16(17)18/h7-8,10-11,13H,4-6,9H2,1-3H3,(H3,17,18). The van der Waals surface area contributed by atoms with Gasteiger partial charge in [0, 0.05) is 24.3 Å². The Morgan fingerprint density at radius 3 is 2.74 bits per heavy atom. The number of nitrogens with zero attached hydrogens (tertiary/aromatic N) is 1. The summed E-state index contributed by atoms with van der Waals surface area (Å²) in [5, 5.41) is 7.77. The lowest BCUT2D eigenvalue weighted by molar-refractivity contribution is 0.336. The van der Waals surface area contributed by atoms with E-state index in [-0.39, 0.29) is 5.84 Å². The van der Waals surface area contributed by atoms with Crippen LogP contribution in [-0.2, 0) is 0 Å². The van der Waals surface area contributed by atoms with E-state index in [4.69, 9.17) is 11.1 Å². The van der Waals surface area contributed by atoms with Crippen molar-refractivity contribution in [3.8, 4) is 0 Å². The molecule has 0 aromatic heterocycles. The normalized spacial score (nSPS) is 23.1. The Bertz CT molecular complexity index is 467. The Labute approximate surface area is 116 Å². The highest BCUT2D eigenvalue weighted by molar-refractivity contribution is 6.00. The van der Waals surface area contributed by atoms with Crippen molar-refractivity contribution < 1.29 is 0 Å². The average molecular weight is 259 g/mol. The molecule has 0 radical (unpaired) electrons. The van der Waals surface area contributed by atoms with Gasteiger partial charge < -0.3 is 10.6 Å². The van der Waals surface area contributed by atoms with Crippen LogP contribution in [0.25, 0.3) is 0 Å². The van der Waals surface area contributed by atoms with Crippen LogP contribution in [0.4, 0.5) is 5.69 Å². The summed E-state index contributed by atoms with van der Waals surface area (Å²) in [6.45, 7) is 4.37. The number of amidine groups is 1. The molecule has 1 fully saturated rings. The molecular formula is C16H25N3. The van der Waals surface area contributed by atoms with Crippen LogP contribution in [0.1, 0.15) is 43.7 Å². The Morgan fingerprint density at radius 1 is 1.37 bits per heavy atom. The van der Waals surface area contributed by atoms with Crippen LogP contribution in [0.3, 0.4) is 0 Å². The van der Waals surface area contributed by atoms with Crippen LogP contribution in [0.2, 0.25) is 0 Å². The number of nitrogen functional groups attached to an aromatic ring is 1. The van der Waals surface area contributed by atoms with E-state index in [9.17, 15) is 0 Å². The third-order valence-electron chi connectivity index (χ3n) is 4.28. The predicted octanol–water partition coefficient (Wildman–Crippen LogP) is 3.29. The number of rotatable bonds is 3. The van der Waals surface area contributed by atoms with Crippen molar-refractivity contribution in [2.75, 3.05) is 11.9 Å². The second-order valence-electron chi connectivity index (χ2n) is 5.97. The van der Waals surface area contributed by atoms with Crippen molar-refractivity contribution in [3.63, 3.8) is 0 Å². The van der Waals surface area contributed by atoms with E-state index in [0.717, 1.165) is 22.7 Å². The highest BCUT2D eigenvalue weighted by Crippen LogP contribution is 2.31. The minimum Gasteiger partial charge on any atom is -0.384 e. The zero-order valence-electron chi connectivity index (χ0n) is 12.2. The first kappa shape index (κ1) is 13.9. The van der Waals surface area contributed by atoms with E-state index >= 15 is 0 Å². The first-order valence-electron chi connectivity index (χ1n) is 7.17. The van der Waals surface area contributed by atoms with Crippen molar-refractivity contribution in [2.45, 2.75) is 45.6 Å². The molecule has 1 aromatic carbocycles. The molecule has 1 aliphatic rings. The van der Waals surface area contributed by atoms with E-state index < -0.39 is 0 Å². The van der Waals surface area contributed by atoms with Crippen LogP contribution < -0.4 is 10.6 Å². The number of hydrogen-bond acceptors (Lipinski definition) is 2. The molecule has 0 bridgehead atoms. The highest BCUT2D eigenvalue weighted by Gasteiger charge is 2.24. The Kier molecular flexibility index (Phi) is 4.13. The lowest BCUT2D eigenvalue weighted by Gasteiger charge is -2.36. The van der Waals surface area contributed by atoms with Crippen LogP contribution in [-0.4, -0.2) is 18.9 Å². The fourth-order valence-electron chi connectivity index (χ4n) is 3.12. The summed E-state index contributed by atoms with van der Waals surface area (Å²) in [7, 11) is 2.14. The summed E-state index contributed by atoms with van der Waals surface area (Å²) in [6, 6.07) is 6.79. The molecule has 19 heavy (non-hydrogen) atoms. The highest BCUT2D eigenvalue weighted by atomic mass is 15.1. The fraction of sp³-hybridized carbons (Fsp3) is 0.562. The second kappa shape index (κ2) is 5.64. The zero-order chi connectivity index (χ0) is 14.0. The van der Waals surface area contributed by atoms with Gasteiger partial charge in [-0.3, -0.25) is 5.41 Å². The average Bonchev–Trinajstić information content (AvgIpc) is 2.37. The monoisotopic (exact) mass is 259 g/mol. The molecule has 0 spiro atoms. The summed E-state index contributed by atoms with van der Waals surface area (Å²) in [5.41, 5.74) is 8.84. The third kappa shape index (κ3) is 3.09. The van der Waals surface area contributed by atoms with E-state index in [2.05, 4.69) is 31.0 Å². The summed E-state index contributed by atoms with van der Waals surface area (Å²) >= 11 is 0. The van der Waals surface area contributed by atoms with Crippen molar-refractivity contribution in [1.29, 1.82) is 5.41 Å². The van der Waals surface area contributed by atoms with Gasteiger partial charge in [-0.25, -0.2) is 0 Å². The molecule has 3 nitrogen and oxygen atoms in total. The molecule has 2 atom stereocenters. The molecule has 1 aliphatic carbocycles. The maximum Gasteiger partial charge on any atom is 0.124 e. The van der Waals surface area contributed by atoms with Crippen molar-refractivity contribution >= 4 is 11.5 Å². The maximum absolute atomic E-state index is 7.77. The summed E-state index contributed by atoms with van der Waals surface area (Å²) < 4.78 is 0. The van der Waals surface area contributed by atoms with Crippen LogP contribution in [0, 0.1) is 18.3 Å². The van der Waals surface area contributed by atoms with Gasteiger partial charge in [0.15, 0.2) is 0 Å². The minimum absolute atomic E-state index is 0.161. The van der Waals surface area contributed by atoms with Gasteiger partial charge in [-0.05, 0) is 37.8 Å². The number of nitrogens with two attached hydrogens (primary N) is 1. The molecule has 1 aromatic rings. The Balaban J connectivity index is 2.27. The number of anilines is 1. The van der Waals surface area contributed by atoms with Crippen molar-refractivity contribution in [1.82, 2.24) is 0 Å². The van der Waals surface area contributed by atoms with E-state index in [1.807, 2.05) is 13.0 Å². The number of hydrogen-bond donors (Lipinski definition) is 2. The van der Waals surface area contributed by atoms with Crippen LogP contribution >= 0.6 is 0 Å². The first-order chi connectivity index (χ1) is 8.99. The third-order valence-corrected chi connectivity index (χ3v) is 4.28. The van der Waals surface area contributed by atoms with Crippen molar-refractivity contribution in [3.05, 3.63) is 29.3 Å². The quantitative estimate of drug-likeness (QED) is 0.646. The largest absolute Gasteiger partial charge is 0.384 e. The van der Waals surface area contributed by atoms with Gasteiger partial charge >= 0.3 is 0 Å². The lowest BCUT2D eigenvalue weighted by atomic mass is 9.86. The minimum atomic E-state index is 0.161. The molecule has 0 aliphatic heterocycles. The van der Waals surface area contributed by atoms with Gasteiger partial charge in [0.05, 0.1) is 0 Å². The van der Waals surface area contributed by atoms with Crippen LogP contribution in [0.15, 0.2) is 18.2 Å². The van der Waals surface area contributed by atoms with Gasteiger partial charge in [-0.1, -0.05) is 31.4 Å². The van der Waals surface area contributed by atoms with Gasteiger partial charge in [0.25, 0.3) is 0 Å². The zero-order valence-corrected chi connectivity index (χ0v) is 12.2. The molecule has 3 N–H and O–H groups in total. The number of nitrogens with one attached hydrogen (secondary N) is 1. The van der Waals surface area contributed by atoms with Crippen molar-refractivity contribution in [2.24, 2.45) is 11.7 Å². The van der Waals surface area contributed by atoms with E-state index in [1.165, 1.54) is 25.7 Å². The predicted molar refractivity (Wildman–Crippen MR) is 82.0 cm³/mol. The van der Waals surface area contributed by atoms with Crippen LogP contribution in [0.5, 0.6) is 0 Å². The fourth-order valence-corrected chi connectivity index (χ4v) is 3.12. The maximum atomic E-state index is 7.77. The SMILES string of the molecule is Cc1ccc(N(C)C2CCCC(C)C2)c(C(=N)N)c1. The van der Waals surface area contributed by atoms with Gasteiger partial charge in [0.2, 0.25) is 0 Å². The molecule has 3 heteroatoms. The van der Waals surface area contributed by atoms with Gasteiger partial charge in [-0.15, -0.1) is 0 Å². The van der Waals surface area contributed by atoms with E-state index in [1.54, 1.807) is 0 Å². The van der Waals surface area contributed by atoms with E-state index in [0.29, 0.717) is 6.04 Å². The first-order valence-corrected chi connectivity index (χ1v) is 7.17. The molecule has 2 unspecified atom stereocenters. The molecular weight excluding hydrogens is 234 g/mol. The number of benzene rings is 1. The molecule has 0 heterocycles. The summed E-state index contributed by atoms with van der Waals surface area (Å²) in [6.07, 6.45) is 5.13. The lowest BCUT2D eigenvalue weighted by Crippen LogP contribution is -2.36. The second-order valence-corrected chi connectivity index (χ2v) is 5.97. The molecule has 0 amide bonds. The Morgan fingerprint density at radius 2 is 2.11 bits per heavy atom. The molecule has 0 saturated heterocycles. The molecule has 2 rings (SSSR count). The van der Waals surface area contributed by atoms with Gasteiger partial charge in [-0.2, -0.15) is 0 Å². The smallest absolute Gasteiger partial charge is 0.124 e.